The quantitative estimate of drug-likeness (QED) is 0.419. The topological polar surface area (TPSA) is 59.8 Å². The lowest BCUT2D eigenvalue weighted by molar-refractivity contribution is 0.101. The molecule has 0 aliphatic rings. The lowest BCUT2D eigenvalue weighted by atomic mass is 10.1. The van der Waals surface area contributed by atoms with Crippen LogP contribution in [0.1, 0.15) is 21.7 Å². The van der Waals surface area contributed by atoms with Gasteiger partial charge in [-0.3, -0.25) is 4.79 Å². The van der Waals surface area contributed by atoms with Gasteiger partial charge in [0, 0.05) is 21.3 Å². The van der Waals surface area contributed by atoms with Crippen LogP contribution < -0.4 is 5.32 Å². The van der Waals surface area contributed by atoms with E-state index in [0.717, 1.165) is 16.8 Å². The number of benzene rings is 3. The summed E-state index contributed by atoms with van der Waals surface area (Å²) < 4.78 is 1.67. The molecule has 0 aliphatic heterocycles. The third-order valence-corrected chi connectivity index (χ3v) is 5.25. The molecular weight excluding hydrogens is 419 g/mol. The number of carbonyl (C=O) groups excluding carboxylic acids is 1. The molecule has 7 heteroatoms. The minimum absolute atomic E-state index is 0.0631. The molecule has 0 saturated carbocycles. The number of aromatic nitrogens is 3. The summed E-state index contributed by atoms with van der Waals surface area (Å²) in [6.07, 6.45) is 0. The van der Waals surface area contributed by atoms with Gasteiger partial charge in [-0.05, 0) is 85.6 Å². The molecule has 0 fully saturated rings. The second-order valence-corrected chi connectivity index (χ2v) is 7.78. The maximum Gasteiger partial charge on any atom is 0.295 e. The summed E-state index contributed by atoms with van der Waals surface area (Å²) >= 11 is 11.9. The Labute approximate surface area is 184 Å². The molecule has 4 rings (SSSR count). The van der Waals surface area contributed by atoms with E-state index in [1.807, 2.05) is 44.2 Å². The summed E-state index contributed by atoms with van der Waals surface area (Å²) in [5.41, 5.74) is 4.53. The molecule has 0 atom stereocenters. The standard InChI is InChI=1S/C23H18Cl2N4O/c1-14-3-12-20(13-15(14)2)29-22(16-4-6-17(24)7-5-16)27-21(28-29)23(30)26-19-10-8-18(25)9-11-19/h3-13H,1-2H3,(H,26,30). The summed E-state index contributed by atoms with van der Waals surface area (Å²) in [6, 6.07) is 20.1. The van der Waals surface area contributed by atoms with Crippen LogP contribution in [-0.2, 0) is 0 Å². The van der Waals surface area contributed by atoms with E-state index in [2.05, 4.69) is 15.4 Å². The number of carbonyl (C=O) groups is 1. The van der Waals surface area contributed by atoms with E-state index in [9.17, 15) is 4.79 Å². The minimum atomic E-state index is -0.407. The van der Waals surface area contributed by atoms with Crippen molar-refractivity contribution in [3.05, 3.63) is 93.7 Å². The lowest BCUT2D eigenvalue weighted by Gasteiger charge is -2.08. The van der Waals surface area contributed by atoms with E-state index in [1.54, 1.807) is 41.1 Å². The van der Waals surface area contributed by atoms with Gasteiger partial charge in [-0.15, -0.1) is 5.10 Å². The fourth-order valence-electron chi connectivity index (χ4n) is 2.95. The van der Waals surface area contributed by atoms with Gasteiger partial charge in [-0.25, -0.2) is 9.67 Å². The zero-order valence-corrected chi connectivity index (χ0v) is 17.9. The molecule has 1 N–H and O–H groups in total. The Bertz CT molecular complexity index is 1220. The third-order valence-electron chi connectivity index (χ3n) is 4.75. The van der Waals surface area contributed by atoms with Crippen molar-refractivity contribution < 1.29 is 4.79 Å². The summed E-state index contributed by atoms with van der Waals surface area (Å²) in [5.74, 6) is 0.208. The Balaban J connectivity index is 1.76. The highest BCUT2D eigenvalue weighted by atomic mass is 35.5. The Kier molecular flexibility index (Phi) is 5.57. The number of hydrogen-bond acceptors (Lipinski definition) is 3. The first kappa shape index (κ1) is 20.1. The maximum atomic E-state index is 12.8. The highest BCUT2D eigenvalue weighted by Crippen LogP contribution is 2.24. The average molecular weight is 437 g/mol. The van der Waals surface area contributed by atoms with Gasteiger partial charge in [-0.2, -0.15) is 0 Å². The van der Waals surface area contributed by atoms with Crippen LogP contribution in [0.25, 0.3) is 17.1 Å². The normalized spacial score (nSPS) is 10.8. The van der Waals surface area contributed by atoms with Crippen LogP contribution in [0.3, 0.4) is 0 Å². The molecule has 150 valence electrons. The first-order valence-corrected chi connectivity index (χ1v) is 10.0. The molecule has 4 aromatic rings. The molecule has 0 saturated heterocycles. The van der Waals surface area contributed by atoms with Gasteiger partial charge in [0.05, 0.1) is 5.69 Å². The van der Waals surface area contributed by atoms with Crippen LogP contribution in [0.4, 0.5) is 5.69 Å². The second-order valence-electron chi connectivity index (χ2n) is 6.91. The van der Waals surface area contributed by atoms with Gasteiger partial charge in [0.1, 0.15) is 0 Å². The molecule has 0 spiro atoms. The second kappa shape index (κ2) is 8.30. The van der Waals surface area contributed by atoms with Crippen molar-refractivity contribution >= 4 is 34.8 Å². The first-order valence-electron chi connectivity index (χ1n) is 9.28. The number of anilines is 1. The Morgan fingerprint density at radius 3 is 2.13 bits per heavy atom. The SMILES string of the molecule is Cc1ccc(-n2nc(C(=O)Nc3ccc(Cl)cc3)nc2-c2ccc(Cl)cc2)cc1C. The Hall–Kier alpha value is -3.15. The van der Waals surface area contributed by atoms with Crippen molar-refractivity contribution in [3.8, 4) is 17.1 Å². The molecule has 0 radical (unpaired) electrons. The highest BCUT2D eigenvalue weighted by Gasteiger charge is 2.19. The largest absolute Gasteiger partial charge is 0.319 e. The molecule has 0 aliphatic carbocycles. The van der Waals surface area contributed by atoms with Gasteiger partial charge in [0.2, 0.25) is 5.82 Å². The maximum absolute atomic E-state index is 12.8. The third kappa shape index (κ3) is 4.22. The monoisotopic (exact) mass is 436 g/mol. The van der Waals surface area contributed by atoms with Crippen LogP contribution in [0.5, 0.6) is 0 Å². The van der Waals surface area contributed by atoms with Crippen LogP contribution in [0.15, 0.2) is 66.7 Å². The van der Waals surface area contributed by atoms with Crippen LogP contribution in [-0.4, -0.2) is 20.7 Å². The van der Waals surface area contributed by atoms with Crippen molar-refractivity contribution in [2.45, 2.75) is 13.8 Å². The number of hydrogen-bond donors (Lipinski definition) is 1. The van der Waals surface area contributed by atoms with E-state index >= 15 is 0 Å². The number of rotatable bonds is 4. The number of halogens is 2. The minimum Gasteiger partial charge on any atom is -0.319 e. The molecular formula is C23H18Cl2N4O. The molecule has 0 unspecified atom stereocenters. The van der Waals surface area contributed by atoms with Crippen molar-refractivity contribution in [1.82, 2.24) is 14.8 Å². The predicted octanol–water partition coefficient (Wildman–Crippen LogP) is 6.11. The van der Waals surface area contributed by atoms with E-state index < -0.39 is 5.91 Å². The zero-order valence-electron chi connectivity index (χ0n) is 16.4. The number of aryl methyl sites for hydroxylation is 2. The molecule has 30 heavy (non-hydrogen) atoms. The number of nitrogens with one attached hydrogen (secondary N) is 1. The highest BCUT2D eigenvalue weighted by molar-refractivity contribution is 6.31. The number of amides is 1. The Morgan fingerprint density at radius 1 is 0.867 bits per heavy atom. The van der Waals surface area contributed by atoms with E-state index in [-0.39, 0.29) is 5.82 Å². The lowest BCUT2D eigenvalue weighted by Crippen LogP contribution is -2.14. The van der Waals surface area contributed by atoms with Crippen molar-refractivity contribution in [3.63, 3.8) is 0 Å². The molecule has 5 nitrogen and oxygen atoms in total. The van der Waals surface area contributed by atoms with Gasteiger partial charge in [-0.1, -0.05) is 29.3 Å². The molecule has 3 aromatic carbocycles. The van der Waals surface area contributed by atoms with Crippen molar-refractivity contribution in [2.75, 3.05) is 5.32 Å². The number of nitrogens with zero attached hydrogens (tertiary/aromatic N) is 3. The predicted molar refractivity (Wildman–Crippen MR) is 121 cm³/mol. The van der Waals surface area contributed by atoms with Crippen LogP contribution in [0.2, 0.25) is 10.0 Å². The van der Waals surface area contributed by atoms with Crippen LogP contribution >= 0.6 is 23.2 Å². The first-order chi connectivity index (χ1) is 14.4. The fraction of sp³-hybridized carbons (Fsp3) is 0.0870. The summed E-state index contributed by atoms with van der Waals surface area (Å²) in [7, 11) is 0. The molecule has 1 amide bonds. The fourth-order valence-corrected chi connectivity index (χ4v) is 3.20. The smallest absolute Gasteiger partial charge is 0.295 e. The van der Waals surface area contributed by atoms with Gasteiger partial charge >= 0.3 is 0 Å². The van der Waals surface area contributed by atoms with Gasteiger partial charge in [0.25, 0.3) is 5.91 Å². The van der Waals surface area contributed by atoms with E-state index in [4.69, 9.17) is 23.2 Å². The molecule has 0 bridgehead atoms. The summed E-state index contributed by atoms with van der Waals surface area (Å²) in [5, 5.41) is 8.51. The molecule has 1 aromatic heterocycles. The zero-order chi connectivity index (χ0) is 21.3. The van der Waals surface area contributed by atoms with Gasteiger partial charge in [0.15, 0.2) is 5.82 Å². The Morgan fingerprint density at radius 2 is 1.50 bits per heavy atom. The average Bonchev–Trinajstić information content (AvgIpc) is 3.18. The van der Waals surface area contributed by atoms with Crippen molar-refractivity contribution in [2.24, 2.45) is 0 Å². The summed E-state index contributed by atoms with van der Waals surface area (Å²) in [6.45, 7) is 4.08. The van der Waals surface area contributed by atoms with Crippen LogP contribution in [0, 0.1) is 13.8 Å². The van der Waals surface area contributed by atoms with Gasteiger partial charge < -0.3 is 5.32 Å². The molecule has 1 heterocycles. The van der Waals surface area contributed by atoms with Crippen molar-refractivity contribution in [1.29, 1.82) is 0 Å². The van der Waals surface area contributed by atoms with E-state index in [0.29, 0.717) is 21.6 Å². The summed E-state index contributed by atoms with van der Waals surface area (Å²) in [4.78, 5) is 17.3. The van der Waals surface area contributed by atoms with E-state index in [1.165, 1.54) is 5.56 Å².